The average Bonchev–Trinajstić information content (AvgIpc) is 2.58. The van der Waals surface area contributed by atoms with Gasteiger partial charge in [-0.2, -0.15) is 5.26 Å². The van der Waals surface area contributed by atoms with Crippen LogP contribution in [0, 0.1) is 18.3 Å². The summed E-state index contributed by atoms with van der Waals surface area (Å²) in [4.78, 5) is 23.5. The van der Waals surface area contributed by atoms with Crippen LogP contribution in [0.4, 0.5) is 0 Å². The standard InChI is InChI=1S/C18H16N2O3/c1-13-5-7-16(8-6-13)18(22)20-11-17(21)23-12-15-4-2-3-14(9-15)10-19/h2-9H,11-12H2,1H3,(H,20,22). The van der Waals surface area contributed by atoms with E-state index in [2.05, 4.69) is 5.32 Å². The molecule has 0 saturated carbocycles. The molecule has 0 saturated heterocycles. The van der Waals surface area contributed by atoms with E-state index in [1.807, 2.05) is 25.1 Å². The molecule has 0 spiro atoms. The van der Waals surface area contributed by atoms with Crippen LogP contribution < -0.4 is 5.32 Å². The number of carbonyl (C=O) groups is 2. The van der Waals surface area contributed by atoms with Gasteiger partial charge in [-0.3, -0.25) is 9.59 Å². The molecule has 0 atom stereocenters. The van der Waals surface area contributed by atoms with Crippen LogP contribution in [-0.4, -0.2) is 18.4 Å². The molecule has 0 aliphatic carbocycles. The van der Waals surface area contributed by atoms with Crippen LogP contribution >= 0.6 is 0 Å². The molecule has 0 fully saturated rings. The minimum atomic E-state index is -0.534. The third kappa shape index (κ3) is 4.97. The number of nitrogens with one attached hydrogen (secondary N) is 1. The van der Waals surface area contributed by atoms with Crippen LogP contribution in [0.15, 0.2) is 48.5 Å². The predicted octanol–water partition coefficient (Wildman–Crippen LogP) is 2.34. The van der Waals surface area contributed by atoms with Crippen LogP contribution in [-0.2, 0) is 16.1 Å². The molecule has 0 aromatic heterocycles. The number of amides is 1. The number of ether oxygens (including phenoxy) is 1. The van der Waals surface area contributed by atoms with Crippen LogP contribution in [0.3, 0.4) is 0 Å². The van der Waals surface area contributed by atoms with Gasteiger partial charge in [0.05, 0.1) is 11.6 Å². The zero-order valence-electron chi connectivity index (χ0n) is 12.7. The van der Waals surface area contributed by atoms with Gasteiger partial charge in [0.2, 0.25) is 0 Å². The molecular formula is C18H16N2O3. The van der Waals surface area contributed by atoms with E-state index in [-0.39, 0.29) is 19.1 Å². The van der Waals surface area contributed by atoms with Gasteiger partial charge in [-0.1, -0.05) is 29.8 Å². The van der Waals surface area contributed by atoms with Gasteiger partial charge in [0.15, 0.2) is 0 Å². The Morgan fingerprint density at radius 1 is 1.17 bits per heavy atom. The number of rotatable bonds is 5. The molecule has 116 valence electrons. The predicted molar refractivity (Wildman–Crippen MR) is 84.5 cm³/mol. The molecule has 5 nitrogen and oxygen atoms in total. The van der Waals surface area contributed by atoms with Gasteiger partial charge in [-0.05, 0) is 36.8 Å². The first-order valence-corrected chi connectivity index (χ1v) is 7.08. The smallest absolute Gasteiger partial charge is 0.325 e. The molecule has 2 aromatic carbocycles. The summed E-state index contributed by atoms with van der Waals surface area (Å²) in [6.45, 7) is 1.79. The molecule has 0 heterocycles. The summed E-state index contributed by atoms with van der Waals surface area (Å²) < 4.78 is 5.07. The lowest BCUT2D eigenvalue weighted by Crippen LogP contribution is -2.30. The summed E-state index contributed by atoms with van der Waals surface area (Å²) in [5, 5.41) is 11.3. The van der Waals surface area contributed by atoms with E-state index < -0.39 is 5.97 Å². The number of aryl methyl sites for hydroxylation is 1. The van der Waals surface area contributed by atoms with Gasteiger partial charge in [-0.15, -0.1) is 0 Å². The summed E-state index contributed by atoms with van der Waals surface area (Å²) in [6.07, 6.45) is 0. The van der Waals surface area contributed by atoms with Crippen molar-refractivity contribution in [1.29, 1.82) is 5.26 Å². The van der Waals surface area contributed by atoms with Gasteiger partial charge in [0.1, 0.15) is 13.2 Å². The molecular weight excluding hydrogens is 292 g/mol. The second-order valence-corrected chi connectivity index (χ2v) is 5.02. The maximum atomic E-state index is 11.9. The second-order valence-electron chi connectivity index (χ2n) is 5.02. The molecule has 1 N–H and O–H groups in total. The SMILES string of the molecule is Cc1ccc(C(=O)NCC(=O)OCc2cccc(C#N)c2)cc1. The number of esters is 1. The lowest BCUT2D eigenvalue weighted by molar-refractivity contribution is -0.143. The van der Waals surface area contributed by atoms with Crippen LogP contribution in [0.1, 0.15) is 27.0 Å². The van der Waals surface area contributed by atoms with E-state index >= 15 is 0 Å². The van der Waals surface area contributed by atoms with Crippen molar-refractivity contribution in [3.05, 3.63) is 70.8 Å². The zero-order valence-corrected chi connectivity index (χ0v) is 12.7. The van der Waals surface area contributed by atoms with E-state index in [1.54, 1.807) is 36.4 Å². The first kappa shape index (κ1) is 16.2. The lowest BCUT2D eigenvalue weighted by Gasteiger charge is -2.07. The number of hydrogen-bond donors (Lipinski definition) is 1. The Hall–Kier alpha value is -3.13. The highest BCUT2D eigenvalue weighted by Gasteiger charge is 2.09. The van der Waals surface area contributed by atoms with Crippen molar-refractivity contribution in [2.45, 2.75) is 13.5 Å². The molecule has 0 bridgehead atoms. The monoisotopic (exact) mass is 308 g/mol. The van der Waals surface area contributed by atoms with Crippen LogP contribution in [0.2, 0.25) is 0 Å². The number of nitriles is 1. The minimum Gasteiger partial charge on any atom is -0.460 e. The van der Waals surface area contributed by atoms with Crippen molar-refractivity contribution >= 4 is 11.9 Å². The molecule has 2 aromatic rings. The zero-order chi connectivity index (χ0) is 16.7. The van der Waals surface area contributed by atoms with Crippen LogP contribution in [0.5, 0.6) is 0 Å². The number of hydrogen-bond acceptors (Lipinski definition) is 4. The third-order valence-electron chi connectivity index (χ3n) is 3.16. The number of benzene rings is 2. The molecule has 0 aliphatic rings. The Balaban J connectivity index is 1.79. The van der Waals surface area contributed by atoms with Crippen molar-refractivity contribution in [3.63, 3.8) is 0 Å². The maximum absolute atomic E-state index is 11.9. The Kier molecular flexibility index (Phi) is 5.48. The lowest BCUT2D eigenvalue weighted by atomic mass is 10.1. The van der Waals surface area contributed by atoms with Gasteiger partial charge in [0, 0.05) is 5.56 Å². The minimum absolute atomic E-state index is 0.0642. The number of carbonyl (C=O) groups excluding carboxylic acids is 2. The Labute approximate surface area is 134 Å². The maximum Gasteiger partial charge on any atom is 0.325 e. The molecule has 2 rings (SSSR count). The molecule has 0 radical (unpaired) electrons. The quantitative estimate of drug-likeness (QED) is 0.860. The Morgan fingerprint density at radius 3 is 2.61 bits per heavy atom. The first-order valence-electron chi connectivity index (χ1n) is 7.08. The number of nitrogens with zero attached hydrogens (tertiary/aromatic N) is 1. The normalized spacial score (nSPS) is 9.74. The fraction of sp³-hybridized carbons (Fsp3) is 0.167. The molecule has 0 unspecified atom stereocenters. The fourth-order valence-corrected chi connectivity index (χ4v) is 1.90. The fourth-order valence-electron chi connectivity index (χ4n) is 1.90. The van der Waals surface area contributed by atoms with Crippen molar-refractivity contribution in [2.24, 2.45) is 0 Å². The Morgan fingerprint density at radius 2 is 1.91 bits per heavy atom. The summed E-state index contributed by atoms with van der Waals surface area (Å²) in [6, 6.07) is 15.9. The first-order chi connectivity index (χ1) is 11.1. The summed E-state index contributed by atoms with van der Waals surface area (Å²) in [5.41, 5.74) is 2.78. The van der Waals surface area contributed by atoms with E-state index in [1.165, 1.54) is 0 Å². The van der Waals surface area contributed by atoms with Gasteiger partial charge >= 0.3 is 5.97 Å². The molecule has 0 aliphatic heterocycles. The van der Waals surface area contributed by atoms with E-state index in [9.17, 15) is 9.59 Å². The Bertz CT molecular complexity index is 746. The largest absolute Gasteiger partial charge is 0.460 e. The van der Waals surface area contributed by atoms with Gasteiger partial charge < -0.3 is 10.1 Å². The van der Waals surface area contributed by atoms with Crippen molar-refractivity contribution < 1.29 is 14.3 Å². The summed E-state index contributed by atoms with van der Waals surface area (Å²) in [5.74, 6) is -0.860. The van der Waals surface area contributed by atoms with Crippen LogP contribution in [0.25, 0.3) is 0 Å². The third-order valence-corrected chi connectivity index (χ3v) is 3.16. The van der Waals surface area contributed by atoms with Gasteiger partial charge in [-0.25, -0.2) is 0 Å². The topological polar surface area (TPSA) is 79.2 Å². The van der Waals surface area contributed by atoms with Crippen molar-refractivity contribution in [2.75, 3.05) is 6.54 Å². The summed E-state index contributed by atoms with van der Waals surface area (Å²) in [7, 11) is 0. The highest BCUT2D eigenvalue weighted by atomic mass is 16.5. The highest BCUT2D eigenvalue weighted by molar-refractivity contribution is 5.95. The highest BCUT2D eigenvalue weighted by Crippen LogP contribution is 2.06. The van der Waals surface area contributed by atoms with E-state index in [0.29, 0.717) is 11.1 Å². The second kappa shape index (κ2) is 7.76. The van der Waals surface area contributed by atoms with E-state index in [0.717, 1.165) is 11.1 Å². The van der Waals surface area contributed by atoms with Gasteiger partial charge in [0.25, 0.3) is 5.91 Å². The molecule has 5 heteroatoms. The van der Waals surface area contributed by atoms with E-state index in [4.69, 9.17) is 10.00 Å². The average molecular weight is 308 g/mol. The molecule has 1 amide bonds. The summed E-state index contributed by atoms with van der Waals surface area (Å²) >= 11 is 0. The van der Waals surface area contributed by atoms with Crippen molar-refractivity contribution in [1.82, 2.24) is 5.32 Å². The molecule has 23 heavy (non-hydrogen) atoms. The van der Waals surface area contributed by atoms with Crippen molar-refractivity contribution in [3.8, 4) is 6.07 Å².